The topological polar surface area (TPSA) is 102 Å². The number of aryl methyl sites for hydroxylation is 2. The summed E-state index contributed by atoms with van der Waals surface area (Å²) in [5, 5.41) is 16.6. The summed E-state index contributed by atoms with van der Waals surface area (Å²) in [6, 6.07) is 3.03. The lowest BCUT2D eigenvalue weighted by molar-refractivity contribution is 0.0987. The number of aliphatic hydroxyl groups is 1. The molecule has 9 heteroatoms. The fraction of sp³-hybridized carbons (Fsp3) is 0.364. The second-order valence-corrected chi connectivity index (χ2v) is 7.27. The molecule has 31 heavy (non-hydrogen) atoms. The van der Waals surface area contributed by atoms with Crippen molar-refractivity contribution in [3.05, 3.63) is 59.4 Å². The SMILES string of the molecule is CCC(=O)c1cc(CCc2cnc(Nc3cnn(C[C@H](C)O)c3)nc2)c(F)c(OC)c1. The van der Waals surface area contributed by atoms with Gasteiger partial charge >= 0.3 is 0 Å². The number of Topliss-reactive ketones (excluding diaryl/α,β-unsaturated/α-hetero) is 1. The second kappa shape index (κ2) is 10.1. The molecule has 0 saturated carbocycles. The van der Waals surface area contributed by atoms with Crippen molar-refractivity contribution < 1.29 is 19.0 Å². The Balaban J connectivity index is 1.65. The van der Waals surface area contributed by atoms with Gasteiger partial charge in [0.2, 0.25) is 5.95 Å². The Morgan fingerprint density at radius 1 is 1.26 bits per heavy atom. The van der Waals surface area contributed by atoms with Gasteiger partial charge in [0.1, 0.15) is 0 Å². The number of nitrogens with zero attached hydrogens (tertiary/aromatic N) is 4. The third-order valence-electron chi connectivity index (χ3n) is 4.71. The van der Waals surface area contributed by atoms with Crippen LogP contribution in [-0.4, -0.2) is 43.9 Å². The highest BCUT2D eigenvalue weighted by Crippen LogP contribution is 2.25. The maximum Gasteiger partial charge on any atom is 0.227 e. The van der Waals surface area contributed by atoms with E-state index >= 15 is 0 Å². The Hall–Kier alpha value is -3.33. The van der Waals surface area contributed by atoms with Crippen molar-refractivity contribution in [2.24, 2.45) is 0 Å². The molecule has 1 atom stereocenters. The fourth-order valence-corrected chi connectivity index (χ4v) is 3.11. The first-order chi connectivity index (χ1) is 14.9. The largest absolute Gasteiger partial charge is 0.494 e. The zero-order valence-corrected chi connectivity index (χ0v) is 17.8. The van der Waals surface area contributed by atoms with Crippen LogP contribution in [0.1, 0.15) is 41.8 Å². The van der Waals surface area contributed by atoms with Crippen LogP contribution in [0.2, 0.25) is 0 Å². The number of carbonyl (C=O) groups is 1. The van der Waals surface area contributed by atoms with Gasteiger partial charge in [-0.1, -0.05) is 6.92 Å². The van der Waals surface area contributed by atoms with Crippen molar-refractivity contribution in [3.63, 3.8) is 0 Å². The molecule has 2 heterocycles. The number of aromatic nitrogens is 4. The zero-order chi connectivity index (χ0) is 22.4. The van der Waals surface area contributed by atoms with Crippen LogP contribution in [0.3, 0.4) is 0 Å². The van der Waals surface area contributed by atoms with Crippen molar-refractivity contribution in [2.75, 3.05) is 12.4 Å². The van der Waals surface area contributed by atoms with Crippen LogP contribution in [0.15, 0.2) is 36.9 Å². The van der Waals surface area contributed by atoms with Gasteiger partial charge < -0.3 is 15.2 Å². The molecule has 8 nitrogen and oxygen atoms in total. The number of carbonyl (C=O) groups excluding carboxylic acids is 1. The van der Waals surface area contributed by atoms with Crippen LogP contribution < -0.4 is 10.1 Å². The highest BCUT2D eigenvalue weighted by molar-refractivity contribution is 5.96. The van der Waals surface area contributed by atoms with Crippen LogP contribution in [0.5, 0.6) is 5.75 Å². The minimum Gasteiger partial charge on any atom is -0.494 e. The maximum atomic E-state index is 14.6. The van der Waals surface area contributed by atoms with E-state index in [1.165, 1.54) is 13.2 Å². The predicted molar refractivity (Wildman–Crippen MR) is 114 cm³/mol. The van der Waals surface area contributed by atoms with E-state index in [0.717, 1.165) is 5.56 Å². The maximum absolute atomic E-state index is 14.6. The number of ether oxygens (including phenoxy) is 1. The van der Waals surface area contributed by atoms with Crippen LogP contribution >= 0.6 is 0 Å². The molecule has 0 unspecified atom stereocenters. The highest BCUT2D eigenvalue weighted by atomic mass is 19.1. The average Bonchev–Trinajstić information content (AvgIpc) is 3.19. The van der Waals surface area contributed by atoms with Gasteiger partial charge in [0.15, 0.2) is 17.3 Å². The van der Waals surface area contributed by atoms with Crippen molar-refractivity contribution in [2.45, 2.75) is 45.8 Å². The fourth-order valence-electron chi connectivity index (χ4n) is 3.11. The third kappa shape index (κ3) is 5.85. The van der Waals surface area contributed by atoms with Crippen molar-refractivity contribution >= 4 is 17.4 Å². The van der Waals surface area contributed by atoms with E-state index in [1.54, 1.807) is 49.4 Å². The van der Waals surface area contributed by atoms with E-state index in [0.29, 0.717) is 48.6 Å². The second-order valence-electron chi connectivity index (χ2n) is 7.27. The first-order valence-electron chi connectivity index (χ1n) is 10.1. The Labute approximate surface area is 180 Å². The molecule has 0 aliphatic carbocycles. The molecule has 0 spiro atoms. The molecule has 164 valence electrons. The first-order valence-corrected chi connectivity index (χ1v) is 10.1. The summed E-state index contributed by atoms with van der Waals surface area (Å²) in [6.07, 6.45) is 7.47. The van der Waals surface area contributed by atoms with E-state index in [-0.39, 0.29) is 11.5 Å². The molecule has 0 aliphatic heterocycles. The molecule has 3 rings (SSSR count). The number of halogens is 1. The number of rotatable bonds is 10. The third-order valence-corrected chi connectivity index (χ3v) is 4.71. The number of anilines is 2. The van der Waals surface area contributed by atoms with E-state index in [4.69, 9.17) is 4.74 Å². The van der Waals surface area contributed by atoms with Gasteiger partial charge in [0, 0.05) is 30.6 Å². The molecule has 0 bridgehead atoms. The minimum absolute atomic E-state index is 0.0601. The molecule has 2 N–H and O–H groups in total. The Kier molecular flexibility index (Phi) is 7.30. The van der Waals surface area contributed by atoms with Crippen molar-refractivity contribution in [1.82, 2.24) is 19.7 Å². The van der Waals surface area contributed by atoms with Gasteiger partial charge in [-0.3, -0.25) is 9.48 Å². The summed E-state index contributed by atoms with van der Waals surface area (Å²) < 4.78 is 21.3. The zero-order valence-electron chi connectivity index (χ0n) is 17.8. The molecule has 3 aromatic rings. The predicted octanol–water partition coefficient (Wildman–Crippen LogP) is 3.32. The number of hydrogen-bond donors (Lipinski definition) is 2. The number of aliphatic hydroxyl groups excluding tert-OH is 1. The number of methoxy groups -OCH3 is 1. The van der Waals surface area contributed by atoms with Gasteiger partial charge in [-0.05, 0) is 43.0 Å². The van der Waals surface area contributed by atoms with E-state index in [2.05, 4.69) is 20.4 Å². The van der Waals surface area contributed by atoms with Gasteiger partial charge in [0.05, 0.1) is 31.6 Å². The first kappa shape index (κ1) is 22.4. The van der Waals surface area contributed by atoms with E-state index in [9.17, 15) is 14.3 Å². The van der Waals surface area contributed by atoms with Gasteiger partial charge in [0.25, 0.3) is 0 Å². The molecule has 1 aromatic carbocycles. The summed E-state index contributed by atoms with van der Waals surface area (Å²) >= 11 is 0. The standard InChI is InChI=1S/C22H26FN5O3/c1-4-19(30)17-7-16(21(23)20(8-17)31-3)6-5-15-9-24-22(25-10-15)27-18-11-26-28(13-18)12-14(2)29/h7-11,13-14,29H,4-6,12H2,1-3H3,(H,24,25,27)/t14-/m0/s1. The minimum atomic E-state index is -0.492. The molecule has 0 saturated heterocycles. The Morgan fingerprint density at radius 2 is 2.00 bits per heavy atom. The molecule has 2 aromatic heterocycles. The number of benzene rings is 1. The van der Waals surface area contributed by atoms with Crippen LogP contribution in [0.25, 0.3) is 0 Å². The quantitative estimate of drug-likeness (QED) is 0.479. The Morgan fingerprint density at radius 3 is 2.65 bits per heavy atom. The Bertz CT molecular complexity index is 1030. The number of ketones is 1. The molecule has 0 amide bonds. The normalized spacial score (nSPS) is 11.9. The molecule has 0 radical (unpaired) electrons. The summed E-state index contributed by atoms with van der Waals surface area (Å²) in [5.74, 6) is -0.0383. The van der Waals surface area contributed by atoms with E-state index in [1.807, 2.05) is 0 Å². The summed E-state index contributed by atoms with van der Waals surface area (Å²) in [7, 11) is 1.38. The summed E-state index contributed by atoms with van der Waals surface area (Å²) in [6.45, 7) is 3.85. The summed E-state index contributed by atoms with van der Waals surface area (Å²) in [5.41, 5.74) is 2.41. The van der Waals surface area contributed by atoms with Gasteiger partial charge in [-0.15, -0.1) is 0 Å². The molecular formula is C22H26FN5O3. The molecule has 0 aliphatic rings. The van der Waals surface area contributed by atoms with Crippen LogP contribution in [-0.2, 0) is 19.4 Å². The van der Waals surface area contributed by atoms with Crippen molar-refractivity contribution in [1.29, 1.82) is 0 Å². The summed E-state index contributed by atoms with van der Waals surface area (Å²) in [4.78, 5) is 20.6. The van der Waals surface area contributed by atoms with Gasteiger partial charge in [-0.25, -0.2) is 14.4 Å². The number of nitrogens with one attached hydrogen (secondary N) is 1. The molecular weight excluding hydrogens is 401 g/mol. The van der Waals surface area contributed by atoms with Gasteiger partial charge in [-0.2, -0.15) is 5.10 Å². The number of hydrogen-bond acceptors (Lipinski definition) is 7. The van der Waals surface area contributed by atoms with Crippen LogP contribution in [0.4, 0.5) is 16.0 Å². The lowest BCUT2D eigenvalue weighted by atomic mass is 10.00. The van der Waals surface area contributed by atoms with Crippen molar-refractivity contribution in [3.8, 4) is 5.75 Å². The monoisotopic (exact) mass is 427 g/mol. The smallest absolute Gasteiger partial charge is 0.227 e. The average molecular weight is 427 g/mol. The molecule has 0 fully saturated rings. The van der Waals surface area contributed by atoms with E-state index < -0.39 is 11.9 Å². The van der Waals surface area contributed by atoms with Crippen LogP contribution in [0, 0.1) is 5.82 Å². The highest BCUT2D eigenvalue weighted by Gasteiger charge is 2.15. The lowest BCUT2D eigenvalue weighted by Crippen LogP contribution is -2.11. The lowest BCUT2D eigenvalue weighted by Gasteiger charge is -2.11.